The van der Waals surface area contributed by atoms with Crippen LogP contribution in [0.5, 0.6) is 0 Å². The number of amides is 1. The molecule has 1 aromatic rings. The number of likely N-dealkylation sites (tertiary alicyclic amines) is 1. The normalized spacial score (nSPS) is 24.3. The Labute approximate surface area is 176 Å². The Morgan fingerprint density at radius 3 is 2.37 bits per heavy atom. The van der Waals surface area contributed by atoms with Gasteiger partial charge in [0.2, 0.25) is 15.0 Å². The van der Waals surface area contributed by atoms with Crippen LogP contribution in [0.4, 0.5) is 0 Å². The Kier molecular flexibility index (Phi) is 6.27. The van der Waals surface area contributed by atoms with E-state index in [1.165, 1.54) is 17.3 Å². The topological polar surface area (TPSA) is 139 Å². The fourth-order valence-electron chi connectivity index (χ4n) is 3.48. The highest BCUT2D eigenvalue weighted by Gasteiger charge is 2.52. The molecule has 0 aromatic carbocycles. The number of sulfone groups is 1. The van der Waals surface area contributed by atoms with Gasteiger partial charge in [-0.3, -0.25) is 4.79 Å². The number of aromatic nitrogens is 2. The molecule has 2 N–H and O–H groups in total. The molecule has 2 aliphatic rings. The van der Waals surface area contributed by atoms with Crippen LogP contribution < -0.4 is 5.46 Å². The van der Waals surface area contributed by atoms with Gasteiger partial charge < -0.3 is 24.4 Å². The predicted octanol–water partition coefficient (Wildman–Crippen LogP) is -1.11. The number of nitrogens with zero attached hydrogens (tertiary/aromatic N) is 3. The van der Waals surface area contributed by atoms with Crippen LogP contribution in [-0.4, -0.2) is 88.8 Å². The van der Waals surface area contributed by atoms with E-state index in [1.54, 1.807) is 0 Å². The summed E-state index contributed by atoms with van der Waals surface area (Å²) in [7, 11) is -4.57. The number of rotatable bonds is 6. The average molecular weight is 441 g/mol. The quantitative estimate of drug-likeness (QED) is 0.416. The van der Waals surface area contributed by atoms with Gasteiger partial charge in [-0.15, -0.1) is 0 Å². The van der Waals surface area contributed by atoms with Crippen molar-refractivity contribution in [1.29, 1.82) is 0 Å². The van der Waals surface area contributed by atoms with E-state index in [0.717, 1.165) is 0 Å². The molecule has 0 radical (unpaired) electrons. The minimum absolute atomic E-state index is 0.331. The third kappa shape index (κ3) is 4.38. The van der Waals surface area contributed by atoms with Gasteiger partial charge in [-0.2, -0.15) is 0 Å². The van der Waals surface area contributed by atoms with Crippen molar-refractivity contribution in [2.75, 3.05) is 18.9 Å². The summed E-state index contributed by atoms with van der Waals surface area (Å²) in [5, 5.41) is 18.2. The molecule has 2 atom stereocenters. The molecule has 0 bridgehead atoms. The summed E-state index contributed by atoms with van der Waals surface area (Å²) >= 11 is 0. The van der Waals surface area contributed by atoms with Crippen LogP contribution in [0.1, 0.15) is 40.5 Å². The number of aliphatic hydroxyl groups excluding tert-OH is 2. The van der Waals surface area contributed by atoms with Crippen LogP contribution in [0.15, 0.2) is 17.6 Å². The number of carbonyl (C=O) groups excluding carboxylic acids is 1. The first-order valence-corrected chi connectivity index (χ1v) is 11.5. The minimum Gasteiger partial charge on any atom is -0.399 e. The summed E-state index contributed by atoms with van der Waals surface area (Å²) in [4.78, 5) is 21.5. The van der Waals surface area contributed by atoms with Crippen molar-refractivity contribution in [1.82, 2.24) is 14.9 Å². The standard InChI is InChI=1S/C18H28BN3O7S/c1-17(2)18(3,4)29-19(28-17)12-8-20-16(21-9-12)30(26,27)11-13-6-5-7-22(13)15(25)14(24)10-23/h8-9,13-14,23-24H,5-7,10-11H2,1-4H3/t13-,14+/m0/s1. The Morgan fingerprint density at radius 2 is 1.83 bits per heavy atom. The molecule has 2 saturated heterocycles. The van der Waals surface area contributed by atoms with E-state index in [4.69, 9.17) is 14.4 Å². The molecule has 0 aliphatic carbocycles. The second-order valence-electron chi connectivity index (χ2n) is 8.69. The van der Waals surface area contributed by atoms with Gasteiger partial charge in [0.05, 0.1) is 23.6 Å². The molecule has 2 aliphatic heterocycles. The Morgan fingerprint density at radius 1 is 1.27 bits per heavy atom. The van der Waals surface area contributed by atoms with Gasteiger partial charge in [0.15, 0.2) is 6.10 Å². The van der Waals surface area contributed by atoms with E-state index in [0.29, 0.717) is 24.8 Å². The van der Waals surface area contributed by atoms with Crippen LogP contribution in [0.25, 0.3) is 0 Å². The molecule has 0 spiro atoms. The summed E-state index contributed by atoms with van der Waals surface area (Å²) in [5.41, 5.74) is -0.573. The maximum absolute atomic E-state index is 12.8. The summed E-state index contributed by atoms with van der Waals surface area (Å²) in [6, 6.07) is -0.602. The Balaban J connectivity index is 1.72. The molecule has 30 heavy (non-hydrogen) atoms. The third-order valence-electron chi connectivity index (χ3n) is 5.98. The molecule has 166 valence electrons. The molecule has 0 saturated carbocycles. The van der Waals surface area contributed by atoms with E-state index in [2.05, 4.69) is 9.97 Å². The van der Waals surface area contributed by atoms with Crippen LogP contribution in [0, 0.1) is 0 Å². The largest absolute Gasteiger partial charge is 0.498 e. The van der Waals surface area contributed by atoms with E-state index in [1.807, 2.05) is 27.7 Å². The van der Waals surface area contributed by atoms with E-state index in [-0.39, 0.29) is 10.9 Å². The first-order chi connectivity index (χ1) is 13.9. The molecule has 3 heterocycles. The highest BCUT2D eigenvalue weighted by Crippen LogP contribution is 2.36. The monoisotopic (exact) mass is 441 g/mol. The van der Waals surface area contributed by atoms with Gasteiger partial charge in [-0.1, -0.05) is 0 Å². The first-order valence-electron chi connectivity index (χ1n) is 9.88. The molecular weight excluding hydrogens is 413 g/mol. The number of hydrogen-bond donors (Lipinski definition) is 2. The van der Waals surface area contributed by atoms with Gasteiger partial charge in [-0.05, 0) is 40.5 Å². The fraction of sp³-hybridized carbons (Fsp3) is 0.722. The van der Waals surface area contributed by atoms with Crippen LogP contribution in [0.2, 0.25) is 0 Å². The lowest BCUT2D eigenvalue weighted by Gasteiger charge is -2.32. The summed E-state index contributed by atoms with van der Waals surface area (Å²) in [5.74, 6) is -1.03. The summed E-state index contributed by atoms with van der Waals surface area (Å²) in [6.45, 7) is 7.27. The lowest BCUT2D eigenvalue weighted by Crippen LogP contribution is -2.46. The number of carbonyl (C=O) groups is 1. The molecule has 2 fully saturated rings. The van der Waals surface area contributed by atoms with E-state index >= 15 is 0 Å². The predicted molar refractivity (Wildman–Crippen MR) is 108 cm³/mol. The van der Waals surface area contributed by atoms with Gasteiger partial charge in [-0.25, -0.2) is 18.4 Å². The molecule has 0 unspecified atom stereocenters. The lowest BCUT2D eigenvalue weighted by molar-refractivity contribution is -0.142. The SMILES string of the molecule is CC1(C)OB(c2cnc(S(=O)(=O)C[C@@H]3CCCN3C(=O)[C@H](O)CO)nc2)OC1(C)C. The highest BCUT2D eigenvalue weighted by atomic mass is 32.2. The number of hydrogen-bond acceptors (Lipinski definition) is 9. The fourth-order valence-corrected chi connectivity index (χ4v) is 4.91. The Hall–Kier alpha value is -1.60. The van der Waals surface area contributed by atoms with Crippen molar-refractivity contribution >= 4 is 28.3 Å². The molecule has 10 nitrogen and oxygen atoms in total. The number of aliphatic hydroxyl groups is 2. The molecule has 12 heteroatoms. The lowest BCUT2D eigenvalue weighted by atomic mass is 9.81. The van der Waals surface area contributed by atoms with Gasteiger partial charge in [0.25, 0.3) is 5.91 Å². The van der Waals surface area contributed by atoms with Crippen molar-refractivity contribution in [2.45, 2.75) is 69.0 Å². The minimum atomic E-state index is -3.87. The van der Waals surface area contributed by atoms with Crippen LogP contribution >= 0.6 is 0 Å². The van der Waals surface area contributed by atoms with Crippen molar-refractivity contribution in [2.24, 2.45) is 0 Å². The molecule has 1 amide bonds. The second kappa shape index (κ2) is 8.15. The molecular formula is C18H28BN3O7S. The van der Waals surface area contributed by atoms with E-state index in [9.17, 15) is 18.3 Å². The Bertz CT molecular complexity index is 876. The average Bonchev–Trinajstić information content (AvgIpc) is 3.21. The highest BCUT2D eigenvalue weighted by molar-refractivity contribution is 7.91. The van der Waals surface area contributed by atoms with Crippen molar-refractivity contribution in [3.8, 4) is 0 Å². The van der Waals surface area contributed by atoms with E-state index < -0.39 is 52.8 Å². The van der Waals surface area contributed by atoms with Crippen molar-refractivity contribution < 1.29 is 32.7 Å². The third-order valence-corrected chi connectivity index (χ3v) is 7.57. The van der Waals surface area contributed by atoms with Crippen LogP contribution in [-0.2, 0) is 23.9 Å². The maximum Gasteiger partial charge on any atom is 0.498 e. The van der Waals surface area contributed by atoms with Crippen LogP contribution in [0.3, 0.4) is 0 Å². The first kappa shape index (κ1) is 23.1. The molecule has 3 rings (SSSR count). The smallest absolute Gasteiger partial charge is 0.399 e. The zero-order valence-electron chi connectivity index (χ0n) is 17.6. The van der Waals surface area contributed by atoms with Crippen molar-refractivity contribution in [3.05, 3.63) is 12.4 Å². The summed E-state index contributed by atoms with van der Waals surface area (Å²) in [6.07, 6.45) is 2.29. The maximum atomic E-state index is 12.8. The summed E-state index contributed by atoms with van der Waals surface area (Å²) < 4.78 is 37.4. The zero-order chi connectivity index (χ0) is 22.3. The van der Waals surface area contributed by atoms with Gasteiger partial charge in [0.1, 0.15) is 0 Å². The molecule has 1 aromatic heterocycles. The van der Waals surface area contributed by atoms with Crippen molar-refractivity contribution in [3.63, 3.8) is 0 Å². The second-order valence-corrected chi connectivity index (χ2v) is 10.6. The van der Waals surface area contributed by atoms with Gasteiger partial charge >= 0.3 is 7.12 Å². The zero-order valence-corrected chi connectivity index (χ0v) is 18.4. The van der Waals surface area contributed by atoms with Gasteiger partial charge in [0, 0.05) is 30.4 Å².